The minimum Gasteiger partial charge on any atom is -0.461 e. The Bertz CT molecular complexity index is 1240. The third-order valence-electron chi connectivity index (χ3n) is 4.80. The van der Waals surface area contributed by atoms with Gasteiger partial charge in [0.25, 0.3) is 5.91 Å². The van der Waals surface area contributed by atoms with E-state index in [4.69, 9.17) is 10.5 Å². The number of amides is 1. The van der Waals surface area contributed by atoms with E-state index in [2.05, 4.69) is 15.0 Å². The van der Waals surface area contributed by atoms with E-state index in [-0.39, 0.29) is 12.6 Å². The number of imidazole rings is 1. The highest BCUT2D eigenvalue weighted by Gasteiger charge is 2.12. The number of hydrogen-bond donors (Lipinski definition) is 2. The number of ether oxygens (including phenoxy) is 1. The van der Waals surface area contributed by atoms with Crippen LogP contribution in [0.3, 0.4) is 0 Å². The Kier molecular flexibility index (Phi) is 7.64. The molecule has 0 aliphatic carbocycles. The zero-order chi connectivity index (χ0) is 23.0. The van der Waals surface area contributed by atoms with Crippen LogP contribution in [0, 0.1) is 0 Å². The molecule has 4 rings (SSSR count). The fraction of sp³-hybridized carbons (Fsp3) is 0.167. The first kappa shape index (κ1) is 22.9. The highest BCUT2D eigenvalue weighted by molar-refractivity contribution is 8.76. The molecule has 2 heterocycles. The fourth-order valence-electron chi connectivity index (χ4n) is 3.14. The zero-order valence-corrected chi connectivity index (χ0v) is 19.3. The second kappa shape index (κ2) is 11.0. The number of esters is 1. The summed E-state index contributed by atoms with van der Waals surface area (Å²) in [4.78, 5) is 35.6. The molecule has 9 heteroatoms. The van der Waals surface area contributed by atoms with Crippen molar-refractivity contribution in [3.63, 3.8) is 0 Å². The number of aromatic nitrogens is 3. The molecule has 7 nitrogen and oxygen atoms in total. The first-order valence-corrected chi connectivity index (χ1v) is 12.7. The summed E-state index contributed by atoms with van der Waals surface area (Å²) in [5.41, 5.74) is 8.86. The lowest BCUT2D eigenvalue weighted by Crippen LogP contribution is -2.11. The number of carbonyl (C=O) groups excluding carboxylic acids is 2. The molecule has 0 aliphatic heterocycles. The molecule has 4 aromatic rings. The highest BCUT2D eigenvalue weighted by atomic mass is 33.1. The van der Waals surface area contributed by atoms with Crippen molar-refractivity contribution < 1.29 is 14.3 Å². The van der Waals surface area contributed by atoms with Crippen LogP contribution in [0.4, 0.5) is 0 Å². The number of nitrogens with one attached hydrogen (secondary N) is 1. The number of hydrogen-bond acceptors (Lipinski definition) is 7. The molecule has 0 saturated carbocycles. The molecule has 2 aromatic carbocycles. The van der Waals surface area contributed by atoms with Gasteiger partial charge in [0, 0.05) is 23.9 Å². The van der Waals surface area contributed by atoms with Crippen molar-refractivity contribution in [2.24, 2.45) is 5.73 Å². The third kappa shape index (κ3) is 6.15. The van der Waals surface area contributed by atoms with E-state index >= 15 is 0 Å². The van der Waals surface area contributed by atoms with Gasteiger partial charge in [0.2, 0.25) is 0 Å². The lowest BCUT2D eigenvalue weighted by molar-refractivity contribution is -0.144. The number of H-pyrrole nitrogens is 1. The van der Waals surface area contributed by atoms with Crippen molar-refractivity contribution in [3.8, 4) is 11.4 Å². The molecule has 3 N–H and O–H groups in total. The van der Waals surface area contributed by atoms with Gasteiger partial charge in [-0.25, -0.2) is 9.97 Å². The number of carbonyl (C=O) groups is 2. The van der Waals surface area contributed by atoms with Crippen LogP contribution in [0.15, 0.2) is 71.9 Å². The van der Waals surface area contributed by atoms with Gasteiger partial charge in [-0.2, -0.15) is 0 Å². The van der Waals surface area contributed by atoms with E-state index < -0.39 is 5.91 Å². The topological polar surface area (TPSA) is 111 Å². The molecule has 0 saturated heterocycles. The zero-order valence-electron chi connectivity index (χ0n) is 17.7. The number of para-hydroxylation sites is 1. The second-order valence-electron chi connectivity index (χ2n) is 7.19. The van der Waals surface area contributed by atoms with Crippen LogP contribution in [0.2, 0.25) is 0 Å². The molecule has 2 aromatic heterocycles. The molecular weight excluding hydrogens is 456 g/mol. The summed E-state index contributed by atoms with van der Waals surface area (Å²) in [6, 6.07) is 18.7. The fourth-order valence-corrected chi connectivity index (χ4v) is 5.10. The van der Waals surface area contributed by atoms with Gasteiger partial charge >= 0.3 is 5.97 Å². The van der Waals surface area contributed by atoms with E-state index in [0.29, 0.717) is 23.3 Å². The molecule has 0 fully saturated rings. The van der Waals surface area contributed by atoms with E-state index in [1.807, 2.05) is 48.5 Å². The standard InChI is InChI=1S/C24H22N4O3S2/c25-23(30)18-5-3-6-19-22(18)28-24(27-19)17-11-9-16(10-12-17)15-31-21(29)8-4-14-32-33-20-7-1-2-13-26-20/h1-3,5-7,9-13H,4,8,14-15H2,(H2,25,30)(H,27,28). The van der Waals surface area contributed by atoms with E-state index in [9.17, 15) is 9.59 Å². The first-order valence-electron chi connectivity index (χ1n) is 10.3. The SMILES string of the molecule is NC(=O)c1cccc2[nH]c(-c3ccc(COC(=O)CCCSSc4ccccn4)cc3)nc12. The molecule has 33 heavy (non-hydrogen) atoms. The molecule has 1 amide bonds. The highest BCUT2D eigenvalue weighted by Crippen LogP contribution is 2.29. The third-order valence-corrected chi connectivity index (χ3v) is 7.15. The van der Waals surface area contributed by atoms with Gasteiger partial charge in [-0.15, -0.1) is 0 Å². The average molecular weight is 479 g/mol. The van der Waals surface area contributed by atoms with Crippen molar-refractivity contribution in [2.45, 2.75) is 24.5 Å². The molecular formula is C24H22N4O3S2. The summed E-state index contributed by atoms with van der Waals surface area (Å²) in [6.07, 6.45) is 2.90. The van der Waals surface area contributed by atoms with Gasteiger partial charge in [0.05, 0.1) is 11.1 Å². The Hall–Kier alpha value is -3.30. The number of benzene rings is 2. The van der Waals surface area contributed by atoms with E-state index in [1.165, 1.54) is 0 Å². The minimum absolute atomic E-state index is 0.209. The van der Waals surface area contributed by atoms with Crippen molar-refractivity contribution >= 4 is 44.5 Å². The van der Waals surface area contributed by atoms with Crippen LogP contribution >= 0.6 is 21.6 Å². The van der Waals surface area contributed by atoms with Crippen molar-refractivity contribution in [1.29, 1.82) is 0 Å². The molecule has 0 bridgehead atoms. The summed E-state index contributed by atoms with van der Waals surface area (Å²) in [7, 11) is 3.29. The van der Waals surface area contributed by atoms with Crippen molar-refractivity contribution in [1.82, 2.24) is 15.0 Å². The maximum atomic E-state index is 12.0. The van der Waals surface area contributed by atoms with Crippen LogP contribution in [-0.4, -0.2) is 32.6 Å². The number of primary amides is 1. The smallest absolute Gasteiger partial charge is 0.306 e. The number of fused-ring (bicyclic) bond motifs is 1. The molecule has 0 unspecified atom stereocenters. The monoisotopic (exact) mass is 478 g/mol. The molecule has 0 atom stereocenters. The van der Waals surface area contributed by atoms with Crippen LogP contribution < -0.4 is 5.73 Å². The summed E-state index contributed by atoms with van der Waals surface area (Å²) in [6.45, 7) is 0.223. The average Bonchev–Trinajstić information content (AvgIpc) is 3.28. The maximum absolute atomic E-state index is 12.0. The summed E-state index contributed by atoms with van der Waals surface area (Å²) >= 11 is 0. The van der Waals surface area contributed by atoms with Crippen LogP contribution in [0.5, 0.6) is 0 Å². The first-order chi connectivity index (χ1) is 16.1. The van der Waals surface area contributed by atoms with Crippen molar-refractivity contribution in [3.05, 3.63) is 78.0 Å². The summed E-state index contributed by atoms with van der Waals surface area (Å²) in [5, 5.41) is 0.962. The Balaban J connectivity index is 1.24. The Morgan fingerprint density at radius 2 is 1.88 bits per heavy atom. The van der Waals surface area contributed by atoms with Crippen LogP contribution in [-0.2, 0) is 16.1 Å². The number of pyridine rings is 1. The number of nitrogens with zero attached hydrogens (tertiary/aromatic N) is 2. The lowest BCUT2D eigenvalue weighted by atomic mass is 10.1. The number of nitrogens with two attached hydrogens (primary N) is 1. The van der Waals surface area contributed by atoms with Gasteiger partial charge in [-0.1, -0.05) is 47.2 Å². The minimum atomic E-state index is -0.513. The molecule has 0 radical (unpaired) electrons. The molecule has 0 aliphatic rings. The normalized spacial score (nSPS) is 10.9. The molecule has 168 valence electrons. The molecule has 0 spiro atoms. The Morgan fingerprint density at radius 3 is 2.64 bits per heavy atom. The summed E-state index contributed by atoms with van der Waals surface area (Å²) < 4.78 is 5.39. The van der Waals surface area contributed by atoms with Gasteiger partial charge in [0.1, 0.15) is 23.0 Å². The Morgan fingerprint density at radius 1 is 1.03 bits per heavy atom. The number of rotatable bonds is 10. The predicted octanol–water partition coefficient (Wildman–Crippen LogP) is 4.99. The maximum Gasteiger partial charge on any atom is 0.306 e. The van der Waals surface area contributed by atoms with Gasteiger partial charge in [0.15, 0.2) is 0 Å². The van der Waals surface area contributed by atoms with Gasteiger partial charge < -0.3 is 15.5 Å². The quantitative estimate of drug-likeness (QED) is 0.188. The Labute approximate surface area is 198 Å². The second-order valence-corrected chi connectivity index (χ2v) is 9.62. The number of aromatic amines is 1. The predicted molar refractivity (Wildman–Crippen MR) is 132 cm³/mol. The van der Waals surface area contributed by atoms with Crippen LogP contribution in [0.1, 0.15) is 28.8 Å². The van der Waals surface area contributed by atoms with E-state index in [0.717, 1.165) is 33.8 Å². The largest absolute Gasteiger partial charge is 0.461 e. The van der Waals surface area contributed by atoms with Gasteiger partial charge in [-0.05, 0) is 47.0 Å². The van der Waals surface area contributed by atoms with E-state index in [1.54, 1.807) is 39.9 Å². The lowest BCUT2D eigenvalue weighted by Gasteiger charge is -2.06. The van der Waals surface area contributed by atoms with Crippen molar-refractivity contribution in [2.75, 3.05) is 5.75 Å². The van der Waals surface area contributed by atoms with Gasteiger partial charge in [-0.3, -0.25) is 9.59 Å². The van der Waals surface area contributed by atoms with Crippen LogP contribution in [0.25, 0.3) is 22.4 Å². The summed E-state index contributed by atoms with van der Waals surface area (Å²) in [5.74, 6) is 0.767.